The second kappa shape index (κ2) is 3.73. The van der Waals surface area contributed by atoms with Crippen molar-refractivity contribution in [1.29, 1.82) is 0 Å². The van der Waals surface area contributed by atoms with Gasteiger partial charge in [0.15, 0.2) is 0 Å². The number of amides is 1. The SMILES string of the molecule is CC(=O)NCc1ccc2nc(C)cn2c1. The summed E-state index contributed by atoms with van der Waals surface area (Å²) in [5.41, 5.74) is 2.99. The van der Waals surface area contributed by atoms with Crippen molar-refractivity contribution in [3.05, 3.63) is 35.8 Å². The fourth-order valence-corrected chi connectivity index (χ4v) is 1.50. The minimum Gasteiger partial charge on any atom is -0.352 e. The van der Waals surface area contributed by atoms with Crippen LogP contribution in [0, 0.1) is 6.92 Å². The van der Waals surface area contributed by atoms with E-state index in [-0.39, 0.29) is 5.91 Å². The van der Waals surface area contributed by atoms with Crippen LogP contribution in [0.1, 0.15) is 18.2 Å². The lowest BCUT2D eigenvalue weighted by Crippen LogP contribution is -2.19. The van der Waals surface area contributed by atoms with Gasteiger partial charge in [-0.25, -0.2) is 4.98 Å². The van der Waals surface area contributed by atoms with E-state index in [2.05, 4.69) is 10.3 Å². The van der Waals surface area contributed by atoms with Crippen LogP contribution in [0.5, 0.6) is 0 Å². The zero-order valence-electron chi connectivity index (χ0n) is 8.82. The van der Waals surface area contributed by atoms with Crippen molar-refractivity contribution in [3.8, 4) is 0 Å². The molecule has 0 spiro atoms. The molecule has 0 bridgehead atoms. The number of carbonyl (C=O) groups is 1. The summed E-state index contributed by atoms with van der Waals surface area (Å²) in [5.74, 6) is -0.0168. The van der Waals surface area contributed by atoms with Gasteiger partial charge in [0.1, 0.15) is 5.65 Å². The summed E-state index contributed by atoms with van der Waals surface area (Å²) in [6, 6.07) is 3.92. The van der Waals surface area contributed by atoms with Crippen LogP contribution in [0.15, 0.2) is 24.5 Å². The third kappa shape index (κ3) is 2.15. The predicted octanol–water partition coefficient (Wildman–Crippen LogP) is 1.28. The van der Waals surface area contributed by atoms with Crippen LogP contribution in [0.25, 0.3) is 5.65 Å². The topological polar surface area (TPSA) is 46.4 Å². The number of rotatable bonds is 2. The lowest BCUT2D eigenvalue weighted by Gasteiger charge is -2.02. The Morgan fingerprint density at radius 3 is 3.00 bits per heavy atom. The van der Waals surface area contributed by atoms with Crippen molar-refractivity contribution in [2.75, 3.05) is 0 Å². The molecule has 0 saturated carbocycles. The van der Waals surface area contributed by atoms with E-state index < -0.39 is 0 Å². The van der Waals surface area contributed by atoms with Gasteiger partial charge in [-0.05, 0) is 18.6 Å². The van der Waals surface area contributed by atoms with Crippen LogP contribution in [0.3, 0.4) is 0 Å². The van der Waals surface area contributed by atoms with Crippen LogP contribution in [0.4, 0.5) is 0 Å². The lowest BCUT2D eigenvalue weighted by atomic mass is 10.3. The first-order chi connectivity index (χ1) is 7.15. The van der Waals surface area contributed by atoms with Crippen molar-refractivity contribution >= 4 is 11.6 Å². The van der Waals surface area contributed by atoms with E-state index >= 15 is 0 Å². The molecule has 1 N–H and O–H groups in total. The number of imidazole rings is 1. The highest BCUT2D eigenvalue weighted by Crippen LogP contribution is 2.06. The Hall–Kier alpha value is -1.84. The van der Waals surface area contributed by atoms with E-state index in [0.29, 0.717) is 6.54 Å². The van der Waals surface area contributed by atoms with Crippen molar-refractivity contribution < 1.29 is 4.79 Å². The molecule has 0 fully saturated rings. The molecule has 0 aliphatic rings. The number of nitrogens with zero attached hydrogens (tertiary/aromatic N) is 2. The summed E-state index contributed by atoms with van der Waals surface area (Å²) in [4.78, 5) is 15.1. The lowest BCUT2D eigenvalue weighted by molar-refractivity contribution is -0.119. The molecule has 0 aromatic carbocycles. The van der Waals surface area contributed by atoms with E-state index in [1.54, 1.807) is 0 Å². The molecule has 4 nitrogen and oxygen atoms in total. The number of fused-ring (bicyclic) bond motifs is 1. The molecule has 2 aromatic rings. The first kappa shape index (κ1) is 9.71. The predicted molar refractivity (Wildman–Crippen MR) is 57.4 cm³/mol. The maximum absolute atomic E-state index is 10.8. The van der Waals surface area contributed by atoms with Crippen LogP contribution in [-0.4, -0.2) is 15.3 Å². The summed E-state index contributed by atoms with van der Waals surface area (Å²) >= 11 is 0. The average molecular weight is 203 g/mol. The molecule has 0 aliphatic carbocycles. The first-order valence-electron chi connectivity index (χ1n) is 4.84. The Kier molecular flexibility index (Phi) is 2.41. The van der Waals surface area contributed by atoms with Gasteiger partial charge in [0.2, 0.25) is 5.91 Å². The van der Waals surface area contributed by atoms with Gasteiger partial charge in [0.25, 0.3) is 0 Å². The molecule has 0 aliphatic heterocycles. The Labute approximate surface area is 87.9 Å². The van der Waals surface area contributed by atoms with Crippen molar-refractivity contribution in [2.24, 2.45) is 0 Å². The number of nitrogens with one attached hydrogen (secondary N) is 1. The molecule has 78 valence electrons. The summed E-state index contributed by atoms with van der Waals surface area (Å²) in [6.07, 6.45) is 3.94. The zero-order chi connectivity index (χ0) is 10.8. The second-order valence-corrected chi connectivity index (χ2v) is 3.59. The molecule has 0 saturated heterocycles. The van der Waals surface area contributed by atoms with Crippen LogP contribution in [0.2, 0.25) is 0 Å². The third-order valence-corrected chi connectivity index (χ3v) is 2.17. The van der Waals surface area contributed by atoms with Gasteiger partial charge in [0, 0.05) is 25.9 Å². The van der Waals surface area contributed by atoms with Gasteiger partial charge in [-0.15, -0.1) is 0 Å². The molecule has 2 heterocycles. The highest BCUT2D eigenvalue weighted by Gasteiger charge is 1.99. The molecular formula is C11H13N3O. The average Bonchev–Trinajstić information content (AvgIpc) is 2.53. The second-order valence-electron chi connectivity index (χ2n) is 3.59. The van der Waals surface area contributed by atoms with Crippen LogP contribution < -0.4 is 5.32 Å². The molecule has 1 amide bonds. The third-order valence-electron chi connectivity index (χ3n) is 2.17. The smallest absolute Gasteiger partial charge is 0.217 e. The van der Waals surface area contributed by atoms with Gasteiger partial charge < -0.3 is 9.72 Å². The van der Waals surface area contributed by atoms with Gasteiger partial charge in [-0.3, -0.25) is 4.79 Å². The summed E-state index contributed by atoms with van der Waals surface area (Å²) in [6.45, 7) is 4.03. The summed E-state index contributed by atoms with van der Waals surface area (Å²) in [5, 5.41) is 2.76. The van der Waals surface area contributed by atoms with E-state index in [9.17, 15) is 4.79 Å². The molecular weight excluding hydrogens is 190 g/mol. The van der Waals surface area contributed by atoms with Gasteiger partial charge in [-0.2, -0.15) is 0 Å². The van der Waals surface area contributed by atoms with Crippen molar-refractivity contribution in [3.63, 3.8) is 0 Å². The zero-order valence-corrected chi connectivity index (χ0v) is 8.82. The van der Waals surface area contributed by atoms with E-state index in [4.69, 9.17) is 0 Å². The van der Waals surface area contributed by atoms with Gasteiger partial charge in [0.05, 0.1) is 5.69 Å². The monoisotopic (exact) mass is 203 g/mol. The number of carbonyl (C=O) groups excluding carboxylic acids is 1. The molecule has 15 heavy (non-hydrogen) atoms. The van der Waals surface area contributed by atoms with E-state index in [1.165, 1.54) is 6.92 Å². The number of pyridine rings is 1. The molecule has 0 atom stereocenters. The highest BCUT2D eigenvalue weighted by atomic mass is 16.1. The van der Waals surface area contributed by atoms with Crippen LogP contribution in [-0.2, 0) is 11.3 Å². The Morgan fingerprint density at radius 1 is 1.47 bits per heavy atom. The van der Waals surface area contributed by atoms with E-state index in [1.807, 2.05) is 35.9 Å². The van der Waals surface area contributed by atoms with Crippen molar-refractivity contribution in [2.45, 2.75) is 20.4 Å². The summed E-state index contributed by atoms with van der Waals surface area (Å²) < 4.78 is 1.96. The minimum atomic E-state index is -0.0168. The molecule has 2 rings (SSSR count). The van der Waals surface area contributed by atoms with Crippen molar-refractivity contribution in [1.82, 2.24) is 14.7 Å². The molecule has 0 radical (unpaired) electrons. The number of hydrogen-bond acceptors (Lipinski definition) is 2. The van der Waals surface area contributed by atoms with E-state index in [0.717, 1.165) is 16.9 Å². The number of aryl methyl sites for hydroxylation is 1. The fourth-order valence-electron chi connectivity index (χ4n) is 1.50. The normalized spacial score (nSPS) is 10.5. The number of aromatic nitrogens is 2. The molecule has 2 aromatic heterocycles. The summed E-state index contributed by atoms with van der Waals surface area (Å²) in [7, 11) is 0. The molecule has 0 unspecified atom stereocenters. The largest absolute Gasteiger partial charge is 0.352 e. The Balaban J connectivity index is 2.26. The molecule has 4 heteroatoms. The Bertz CT molecular complexity index is 502. The first-order valence-corrected chi connectivity index (χ1v) is 4.84. The standard InChI is InChI=1S/C11H13N3O/c1-8-6-14-7-10(5-12-9(2)15)3-4-11(14)13-8/h3-4,6-7H,5H2,1-2H3,(H,12,15). The van der Waals surface area contributed by atoms with Gasteiger partial charge >= 0.3 is 0 Å². The highest BCUT2D eigenvalue weighted by molar-refractivity contribution is 5.72. The van der Waals surface area contributed by atoms with Crippen LogP contribution >= 0.6 is 0 Å². The number of hydrogen-bond donors (Lipinski definition) is 1. The Morgan fingerprint density at radius 2 is 2.27 bits per heavy atom. The maximum atomic E-state index is 10.8. The fraction of sp³-hybridized carbons (Fsp3) is 0.273. The minimum absolute atomic E-state index is 0.0168. The van der Waals surface area contributed by atoms with Gasteiger partial charge in [-0.1, -0.05) is 6.07 Å². The maximum Gasteiger partial charge on any atom is 0.217 e. The quantitative estimate of drug-likeness (QED) is 0.799.